The van der Waals surface area contributed by atoms with Gasteiger partial charge in [-0.05, 0) is 80.2 Å². The summed E-state index contributed by atoms with van der Waals surface area (Å²) in [5.41, 5.74) is 0.384. The van der Waals surface area contributed by atoms with Gasteiger partial charge < -0.3 is 4.74 Å². The Bertz CT molecular complexity index is 727. The largest absolute Gasteiger partial charge is 0.495 e. The van der Waals surface area contributed by atoms with Gasteiger partial charge in [0.05, 0.1) is 17.0 Å². The highest BCUT2D eigenvalue weighted by atomic mass is 35.5. The number of rotatable bonds is 6. The molecule has 4 fully saturated rings. The van der Waals surface area contributed by atoms with E-state index in [-0.39, 0.29) is 4.90 Å². The fourth-order valence-electron chi connectivity index (χ4n) is 5.94. The summed E-state index contributed by atoms with van der Waals surface area (Å²) in [6, 6.07) is 4.57. The Morgan fingerprint density at radius 1 is 1.16 bits per heavy atom. The molecule has 1 aromatic rings. The molecule has 0 atom stereocenters. The quantitative estimate of drug-likeness (QED) is 0.799. The van der Waals surface area contributed by atoms with Gasteiger partial charge in [0.1, 0.15) is 5.75 Å². The number of ether oxygens (including phenoxy) is 1. The molecule has 4 aliphatic rings. The zero-order chi connectivity index (χ0) is 17.7. The van der Waals surface area contributed by atoms with E-state index in [0.717, 1.165) is 24.2 Å². The van der Waals surface area contributed by atoms with Crippen LogP contribution in [0.1, 0.15) is 44.9 Å². The Kier molecular flexibility index (Phi) is 4.53. The molecule has 4 bridgehead atoms. The van der Waals surface area contributed by atoms with Crippen molar-refractivity contribution < 1.29 is 13.2 Å². The van der Waals surface area contributed by atoms with E-state index >= 15 is 0 Å². The Hall–Kier alpha value is -0.780. The minimum atomic E-state index is -3.53. The van der Waals surface area contributed by atoms with Gasteiger partial charge in [-0.25, -0.2) is 13.1 Å². The van der Waals surface area contributed by atoms with Crippen LogP contribution in [0, 0.1) is 23.2 Å². The van der Waals surface area contributed by atoms with E-state index in [1.807, 2.05) is 0 Å². The van der Waals surface area contributed by atoms with Crippen LogP contribution in [-0.2, 0) is 10.0 Å². The third kappa shape index (κ3) is 3.43. The first-order chi connectivity index (χ1) is 11.9. The van der Waals surface area contributed by atoms with Gasteiger partial charge in [0.2, 0.25) is 10.0 Å². The van der Waals surface area contributed by atoms with Crippen molar-refractivity contribution in [3.63, 3.8) is 0 Å². The maximum atomic E-state index is 12.6. The van der Waals surface area contributed by atoms with E-state index in [9.17, 15) is 8.42 Å². The molecular formula is C19H26ClNO3S. The summed E-state index contributed by atoms with van der Waals surface area (Å²) in [7, 11) is -2.05. The Balaban J connectivity index is 1.41. The Morgan fingerprint density at radius 2 is 1.76 bits per heavy atom. The molecule has 0 saturated heterocycles. The maximum Gasteiger partial charge on any atom is 0.240 e. The van der Waals surface area contributed by atoms with E-state index in [1.54, 1.807) is 6.07 Å². The molecule has 1 aromatic carbocycles. The summed E-state index contributed by atoms with van der Waals surface area (Å²) in [5, 5.41) is 0.412. The average molecular weight is 384 g/mol. The topological polar surface area (TPSA) is 55.4 Å². The van der Waals surface area contributed by atoms with E-state index in [4.69, 9.17) is 16.3 Å². The smallest absolute Gasteiger partial charge is 0.240 e. The predicted molar refractivity (Wildman–Crippen MR) is 98.4 cm³/mol. The van der Waals surface area contributed by atoms with Gasteiger partial charge in [-0.15, -0.1) is 0 Å². The highest BCUT2D eigenvalue weighted by molar-refractivity contribution is 7.89. The van der Waals surface area contributed by atoms with E-state index in [1.165, 1.54) is 57.8 Å². The second-order valence-electron chi connectivity index (χ2n) is 8.36. The number of halogens is 1. The third-order valence-electron chi connectivity index (χ3n) is 6.55. The average Bonchev–Trinajstić information content (AvgIpc) is 2.53. The monoisotopic (exact) mass is 383 g/mol. The summed E-state index contributed by atoms with van der Waals surface area (Å²) in [6.45, 7) is 0.513. The molecular weight excluding hydrogens is 358 g/mol. The SMILES string of the molecule is COc1cc(S(=O)(=O)NCCC23CC4CC(CC(C4)C2)C3)ccc1Cl. The van der Waals surface area contributed by atoms with E-state index < -0.39 is 10.0 Å². The van der Waals surface area contributed by atoms with E-state index in [0.29, 0.717) is 22.7 Å². The summed E-state index contributed by atoms with van der Waals surface area (Å²) in [6.07, 6.45) is 9.10. The number of benzene rings is 1. The third-order valence-corrected chi connectivity index (χ3v) is 8.32. The summed E-state index contributed by atoms with van der Waals surface area (Å²) in [5.74, 6) is 3.06. The van der Waals surface area contributed by atoms with Crippen LogP contribution in [0.5, 0.6) is 5.75 Å². The second kappa shape index (κ2) is 6.43. The van der Waals surface area contributed by atoms with Crippen molar-refractivity contribution >= 4 is 21.6 Å². The number of hydrogen-bond acceptors (Lipinski definition) is 3. The molecule has 0 heterocycles. The first-order valence-electron chi connectivity index (χ1n) is 9.22. The summed E-state index contributed by atoms with van der Waals surface area (Å²) >= 11 is 5.99. The first kappa shape index (κ1) is 17.6. The highest BCUT2D eigenvalue weighted by Crippen LogP contribution is 2.61. The number of hydrogen-bond donors (Lipinski definition) is 1. The molecule has 5 rings (SSSR count). The van der Waals surface area contributed by atoms with Crippen LogP contribution in [0.3, 0.4) is 0 Å². The highest BCUT2D eigenvalue weighted by Gasteiger charge is 2.50. The van der Waals surface area contributed by atoms with Crippen molar-refractivity contribution in [1.82, 2.24) is 4.72 Å². The zero-order valence-corrected chi connectivity index (χ0v) is 16.2. The zero-order valence-electron chi connectivity index (χ0n) is 14.6. The molecule has 0 unspecified atom stereocenters. The lowest BCUT2D eigenvalue weighted by molar-refractivity contribution is -0.0561. The molecule has 6 heteroatoms. The van der Waals surface area contributed by atoms with Crippen LogP contribution < -0.4 is 9.46 Å². The second-order valence-corrected chi connectivity index (χ2v) is 10.5. The maximum absolute atomic E-state index is 12.6. The molecule has 25 heavy (non-hydrogen) atoms. The van der Waals surface area contributed by atoms with Crippen molar-refractivity contribution in [3.8, 4) is 5.75 Å². The van der Waals surface area contributed by atoms with Crippen LogP contribution in [0.4, 0.5) is 0 Å². The molecule has 4 aliphatic carbocycles. The van der Waals surface area contributed by atoms with Crippen LogP contribution in [0.2, 0.25) is 5.02 Å². The van der Waals surface area contributed by atoms with E-state index in [2.05, 4.69) is 4.72 Å². The lowest BCUT2D eigenvalue weighted by Gasteiger charge is -2.57. The Labute approximate surface area is 155 Å². The van der Waals surface area contributed by atoms with Crippen molar-refractivity contribution in [2.24, 2.45) is 23.2 Å². The number of sulfonamides is 1. The van der Waals surface area contributed by atoms with Crippen molar-refractivity contribution in [3.05, 3.63) is 23.2 Å². The summed E-state index contributed by atoms with van der Waals surface area (Å²) < 4.78 is 33.1. The standard InChI is InChI=1S/C19H26ClNO3S/c1-24-18-9-16(2-3-17(18)20)25(22,23)21-5-4-19-10-13-6-14(11-19)8-15(7-13)12-19/h2-3,9,13-15,21H,4-8,10-12H2,1H3. The van der Waals surface area contributed by atoms with Gasteiger partial charge in [-0.3, -0.25) is 0 Å². The van der Waals surface area contributed by atoms with Crippen LogP contribution in [0.15, 0.2) is 23.1 Å². The predicted octanol–water partition coefficient (Wildman–Crippen LogP) is 4.23. The van der Waals surface area contributed by atoms with Gasteiger partial charge in [0, 0.05) is 12.6 Å². The molecule has 1 N–H and O–H groups in total. The molecule has 0 amide bonds. The molecule has 0 aromatic heterocycles. The number of methoxy groups -OCH3 is 1. The fourth-order valence-corrected chi connectivity index (χ4v) is 7.18. The van der Waals surface area contributed by atoms with Gasteiger partial charge >= 0.3 is 0 Å². The summed E-state index contributed by atoms with van der Waals surface area (Å²) in [4.78, 5) is 0.208. The molecule has 4 nitrogen and oxygen atoms in total. The lowest BCUT2D eigenvalue weighted by Crippen LogP contribution is -2.47. The molecule has 0 aliphatic heterocycles. The van der Waals surface area contributed by atoms with Crippen LogP contribution in [-0.4, -0.2) is 22.1 Å². The van der Waals surface area contributed by atoms with Gasteiger partial charge in [-0.1, -0.05) is 11.6 Å². The molecule has 0 spiro atoms. The van der Waals surface area contributed by atoms with Crippen LogP contribution >= 0.6 is 11.6 Å². The van der Waals surface area contributed by atoms with Gasteiger partial charge in [0.25, 0.3) is 0 Å². The Morgan fingerprint density at radius 3 is 2.32 bits per heavy atom. The van der Waals surface area contributed by atoms with Crippen molar-refractivity contribution in [2.45, 2.75) is 49.8 Å². The fraction of sp³-hybridized carbons (Fsp3) is 0.684. The molecule has 138 valence electrons. The molecule has 4 saturated carbocycles. The van der Waals surface area contributed by atoms with Crippen molar-refractivity contribution in [1.29, 1.82) is 0 Å². The van der Waals surface area contributed by atoms with Gasteiger partial charge in [-0.2, -0.15) is 0 Å². The van der Waals surface area contributed by atoms with Gasteiger partial charge in [0.15, 0.2) is 0 Å². The van der Waals surface area contributed by atoms with Crippen LogP contribution in [0.25, 0.3) is 0 Å². The minimum absolute atomic E-state index is 0.208. The van der Waals surface area contributed by atoms with Crippen molar-refractivity contribution in [2.75, 3.05) is 13.7 Å². The number of nitrogens with one attached hydrogen (secondary N) is 1. The first-order valence-corrected chi connectivity index (χ1v) is 11.1. The minimum Gasteiger partial charge on any atom is -0.495 e. The normalized spacial score (nSPS) is 33.6. The lowest BCUT2D eigenvalue weighted by atomic mass is 9.49. The molecule has 0 radical (unpaired) electrons.